The van der Waals surface area contributed by atoms with Crippen molar-refractivity contribution in [3.05, 3.63) is 28.2 Å². The second kappa shape index (κ2) is 7.28. The highest BCUT2D eigenvalue weighted by atomic mass is 79.9. The van der Waals surface area contributed by atoms with Gasteiger partial charge in [-0.15, -0.1) is 0 Å². The number of amides is 2. The number of carbonyl (C=O) groups is 2. The summed E-state index contributed by atoms with van der Waals surface area (Å²) in [7, 11) is 0. The molecule has 1 rings (SSSR count). The summed E-state index contributed by atoms with van der Waals surface area (Å²) in [5, 5.41) is 11.6. The van der Waals surface area contributed by atoms with Crippen LogP contribution >= 0.6 is 15.9 Å². The number of carboxylic acids is 1. The van der Waals surface area contributed by atoms with Crippen molar-refractivity contribution >= 4 is 33.6 Å². The fraction of sp³-hybridized carbons (Fsp3) is 0.429. The fourth-order valence-corrected chi connectivity index (χ4v) is 2.26. The predicted octanol–water partition coefficient (Wildman–Crippen LogP) is 3.47. The van der Waals surface area contributed by atoms with E-state index in [2.05, 4.69) is 21.2 Å². The molecule has 1 unspecified atom stereocenters. The highest BCUT2D eigenvalue weighted by Crippen LogP contribution is 2.21. The standard InChI is InChI=1S/C14H19BrN2O3/c1-4-17(10(3)7-13(18)19)14(20)16-11-6-5-9(2)12(15)8-11/h5-6,8,10H,4,7H2,1-3H3,(H,16,20)(H,18,19). The number of hydrogen-bond acceptors (Lipinski definition) is 2. The number of aryl methyl sites for hydroxylation is 1. The van der Waals surface area contributed by atoms with Crippen LogP contribution in [0, 0.1) is 6.92 Å². The number of aliphatic carboxylic acids is 1. The Kier molecular flexibility index (Phi) is 6.01. The molecule has 5 nitrogen and oxygen atoms in total. The van der Waals surface area contributed by atoms with Gasteiger partial charge in [0, 0.05) is 22.7 Å². The van der Waals surface area contributed by atoms with Gasteiger partial charge in [-0.3, -0.25) is 4.79 Å². The Morgan fingerprint density at radius 3 is 2.60 bits per heavy atom. The number of hydrogen-bond donors (Lipinski definition) is 2. The number of halogens is 1. The largest absolute Gasteiger partial charge is 0.481 e. The molecule has 0 heterocycles. The number of nitrogens with zero attached hydrogens (tertiary/aromatic N) is 1. The van der Waals surface area contributed by atoms with Gasteiger partial charge in [-0.25, -0.2) is 4.79 Å². The van der Waals surface area contributed by atoms with Crippen LogP contribution < -0.4 is 5.32 Å². The van der Waals surface area contributed by atoms with Gasteiger partial charge in [0.1, 0.15) is 0 Å². The lowest BCUT2D eigenvalue weighted by atomic mass is 10.2. The van der Waals surface area contributed by atoms with Crippen molar-refractivity contribution in [2.75, 3.05) is 11.9 Å². The van der Waals surface area contributed by atoms with Crippen LogP contribution in [0.5, 0.6) is 0 Å². The average Bonchev–Trinajstić information content (AvgIpc) is 2.33. The zero-order valence-corrected chi connectivity index (χ0v) is 13.4. The van der Waals surface area contributed by atoms with Gasteiger partial charge in [0.25, 0.3) is 0 Å². The predicted molar refractivity (Wildman–Crippen MR) is 82.0 cm³/mol. The van der Waals surface area contributed by atoms with Crippen LogP contribution in [0.2, 0.25) is 0 Å². The Labute approximate surface area is 127 Å². The average molecular weight is 343 g/mol. The van der Waals surface area contributed by atoms with Crippen molar-refractivity contribution < 1.29 is 14.7 Å². The molecule has 1 atom stereocenters. The Morgan fingerprint density at radius 1 is 1.45 bits per heavy atom. The minimum absolute atomic E-state index is 0.0706. The Morgan fingerprint density at radius 2 is 2.10 bits per heavy atom. The van der Waals surface area contributed by atoms with Crippen molar-refractivity contribution in [3.63, 3.8) is 0 Å². The van der Waals surface area contributed by atoms with E-state index in [-0.39, 0.29) is 18.5 Å². The van der Waals surface area contributed by atoms with Gasteiger partial charge >= 0.3 is 12.0 Å². The molecule has 2 amide bonds. The Bertz CT molecular complexity index is 505. The minimum Gasteiger partial charge on any atom is -0.481 e. The second-order valence-electron chi connectivity index (χ2n) is 4.63. The van der Waals surface area contributed by atoms with Gasteiger partial charge in [-0.1, -0.05) is 22.0 Å². The van der Waals surface area contributed by atoms with E-state index < -0.39 is 5.97 Å². The van der Waals surface area contributed by atoms with Crippen LogP contribution in [0.3, 0.4) is 0 Å². The topological polar surface area (TPSA) is 69.6 Å². The maximum Gasteiger partial charge on any atom is 0.322 e. The molecule has 110 valence electrons. The van der Waals surface area contributed by atoms with Crippen molar-refractivity contribution in [3.8, 4) is 0 Å². The molecule has 1 aromatic rings. The normalized spacial score (nSPS) is 11.8. The SMILES string of the molecule is CCN(C(=O)Nc1ccc(C)c(Br)c1)C(C)CC(=O)O. The van der Waals surface area contributed by atoms with Gasteiger partial charge in [0.2, 0.25) is 0 Å². The van der Waals surface area contributed by atoms with Crippen molar-refractivity contribution in [1.82, 2.24) is 4.90 Å². The van der Waals surface area contributed by atoms with E-state index in [9.17, 15) is 9.59 Å². The van der Waals surface area contributed by atoms with E-state index in [0.717, 1.165) is 10.0 Å². The zero-order valence-electron chi connectivity index (χ0n) is 11.8. The molecule has 0 bridgehead atoms. The summed E-state index contributed by atoms with van der Waals surface area (Å²) < 4.78 is 0.914. The first-order chi connectivity index (χ1) is 9.35. The third-order valence-electron chi connectivity index (χ3n) is 3.03. The summed E-state index contributed by atoms with van der Waals surface area (Å²) in [6.45, 7) is 5.96. The maximum atomic E-state index is 12.2. The van der Waals surface area contributed by atoms with E-state index in [1.807, 2.05) is 32.0 Å². The number of urea groups is 1. The second-order valence-corrected chi connectivity index (χ2v) is 5.48. The van der Waals surface area contributed by atoms with Crippen LogP contribution in [-0.2, 0) is 4.79 Å². The molecular formula is C14H19BrN2O3. The van der Waals surface area contributed by atoms with Crippen molar-refractivity contribution in [2.45, 2.75) is 33.2 Å². The van der Waals surface area contributed by atoms with E-state index >= 15 is 0 Å². The highest BCUT2D eigenvalue weighted by Gasteiger charge is 2.20. The molecule has 2 N–H and O–H groups in total. The molecule has 6 heteroatoms. The molecule has 0 radical (unpaired) electrons. The number of nitrogens with one attached hydrogen (secondary N) is 1. The molecule has 20 heavy (non-hydrogen) atoms. The van der Waals surface area contributed by atoms with Crippen LogP contribution in [0.25, 0.3) is 0 Å². The van der Waals surface area contributed by atoms with Gasteiger partial charge in [0.05, 0.1) is 6.42 Å². The molecule has 0 saturated heterocycles. The molecule has 1 aromatic carbocycles. The number of carboxylic acid groups (broad SMARTS) is 1. The van der Waals surface area contributed by atoms with E-state index in [0.29, 0.717) is 12.2 Å². The Hall–Kier alpha value is -1.56. The molecular weight excluding hydrogens is 324 g/mol. The summed E-state index contributed by atoms with van der Waals surface area (Å²) in [5.74, 6) is -0.915. The summed E-state index contributed by atoms with van der Waals surface area (Å²) in [6.07, 6.45) is -0.0706. The first-order valence-electron chi connectivity index (χ1n) is 6.40. The lowest BCUT2D eigenvalue weighted by Gasteiger charge is -2.27. The first kappa shape index (κ1) is 16.5. The van der Waals surface area contributed by atoms with Gasteiger partial charge in [0.15, 0.2) is 0 Å². The molecule has 0 aliphatic rings. The van der Waals surface area contributed by atoms with Gasteiger partial charge in [-0.05, 0) is 38.5 Å². The summed E-state index contributed by atoms with van der Waals surface area (Å²) >= 11 is 3.41. The van der Waals surface area contributed by atoms with Crippen molar-refractivity contribution in [2.24, 2.45) is 0 Å². The minimum atomic E-state index is -0.915. The molecule has 0 spiro atoms. The summed E-state index contributed by atoms with van der Waals surface area (Å²) in [6, 6.07) is 4.89. The third-order valence-corrected chi connectivity index (χ3v) is 3.88. The fourth-order valence-electron chi connectivity index (χ4n) is 1.88. The molecule has 0 aromatic heterocycles. The van der Waals surface area contributed by atoms with Crippen molar-refractivity contribution in [1.29, 1.82) is 0 Å². The van der Waals surface area contributed by atoms with Gasteiger partial charge in [-0.2, -0.15) is 0 Å². The lowest BCUT2D eigenvalue weighted by molar-refractivity contribution is -0.137. The summed E-state index contributed by atoms with van der Waals surface area (Å²) in [4.78, 5) is 24.4. The monoisotopic (exact) mass is 342 g/mol. The third kappa shape index (κ3) is 4.52. The van der Waals surface area contributed by atoms with Crippen LogP contribution in [0.15, 0.2) is 22.7 Å². The number of benzene rings is 1. The smallest absolute Gasteiger partial charge is 0.322 e. The number of carbonyl (C=O) groups excluding carboxylic acids is 1. The molecule has 0 aliphatic heterocycles. The number of anilines is 1. The Balaban J connectivity index is 2.76. The van der Waals surface area contributed by atoms with Crippen LogP contribution in [-0.4, -0.2) is 34.6 Å². The first-order valence-corrected chi connectivity index (χ1v) is 7.20. The molecule has 0 aliphatic carbocycles. The molecule has 0 fully saturated rings. The molecule has 0 saturated carbocycles. The summed E-state index contributed by atoms with van der Waals surface area (Å²) in [5.41, 5.74) is 1.75. The van der Waals surface area contributed by atoms with Crippen LogP contribution in [0.4, 0.5) is 10.5 Å². The highest BCUT2D eigenvalue weighted by molar-refractivity contribution is 9.10. The van der Waals surface area contributed by atoms with Crippen LogP contribution in [0.1, 0.15) is 25.8 Å². The van der Waals surface area contributed by atoms with E-state index in [4.69, 9.17) is 5.11 Å². The lowest BCUT2D eigenvalue weighted by Crippen LogP contribution is -2.42. The number of rotatable bonds is 5. The quantitative estimate of drug-likeness (QED) is 0.860. The van der Waals surface area contributed by atoms with E-state index in [1.165, 1.54) is 4.90 Å². The maximum absolute atomic E-state index is 12.2. The zero-order chi connectivity index (χ0) is 15.3. The van der Waals surface area contributed by atoms with Gasteiger partial charge < -0.3 is 15.3 Å². The van der Waals surface area contributed by atoms with E-state index in [1.54, 1.807) is 6.92 Å².